The van der Waals surface area contributed by atoms with E-state index in [1.54, 1.807) is 0 Å². The van der Waals surface area contributed by atoms with Crippen molar-refractivity contribution in [3.8, 4) is 0 Å². The summed E-state index contributed by atoms with van der Waals surface area (Å²) in [6, 6.07) is 40.4. The second-order valence-corrected chi connectivity index (χ2v) is 12.8. The molecule has 0 aliphatic rings. The van der Waals surface area contributed by atoms with Gasteiger partial charge in [0.1, 0.15) is 0 Å². The second-order valence-electron chi connectivity index (χ2n) is 10.3. The largest absolute Gasteiger partial charge is 0.326 e. The quantitative estimate of drug-likeness (QED) is 0.101. The molecule has 0 radical (unpaired) electrons. The molecule has 0 fully saturated rings. The van der Waals surface area contributed by atoms with Crippen molar-refractivity contribution >= 4 is 37.8 Å². The highest BCUT2D eigenvalue weighted by Gasteiger charge is 2.20. The molecular formula is C36H40N2O2S2. The molecule has 0 heterocycles. The van der Waals surface area contributed by atoms with Gasteiger partial charge < -0.3 is 9.80 Å². The van der Waals surface area contributed by atoms with Crippen molar-refractivity contribution in [2.24, 2.45) is 0 Å². The summed E-state index contributed by atoms with van der Waals surface area (Å²) < 4.78 is 0.913. The molecule has 0 aliphatic heterocycles. The number of amides is 2. The van der Waals surface area contributed by atoms with E-state index < -0.39 is 0 Å². The number of carbonyl (C=O) groups is 2. The zero-order chi connectivity index (χ0) is 29.4. The molecular weight excluding hydrogens is 557 g/mol. The zero-order valence-electron chi connectivity index (χ0n) is 24.3. The lowest BCUT2D eigenvalue weighted by molar-refractivity contribution is 0.218. The van der Waals surface area contributed by atoms with Crippen molar-refractivity contribution in [2.45, 2.75) is 58.8 Å². The highest BCUT2D eigenvalue weighted by molar-refractivity contribution is 8.38. The fraction of sp³-hybridized carbons (Fsp3) is 0.250. The second kappa shape index (κ2) is 17.4. The molecule has 0 aliphatic carbocycles. The SMILES string of the molecule is CCCCCC(SC(=O)N(Cc1ccccc1)Cc1ccccc1)=[SH]C(=O)N(Cc1ccccc1)Cc1ccccc1. The van der Waals surface area contributed by atoms with Crippen LogP contribution in [0, 0.1) is 0 Å². The van der Waals surface area contributed by atoms with Gasteiger partial charge in [0, 0.05) is 30.4 Å². The summed E-state index contributed by atoms with van der Waals surface area (Å²) in [6.07, 6.45) is 3.85. The van der Waals surface area contributed by atoms with Crippen LogP contribution in [0.5, 0.6) is 0 Å². The van der Waals surface area contributed by atoms with E-state index in [9.17, 15) is 9.59 Å². The lowest BCUT2D eigenvalue weighted by atomic mass is 10.2. The standard InChI is InChI=1S/C36H40N2O2S2/c1-2-3-8-25-34(41-35(39)37(26-30-17-9-4-10-18-30)27-31-19-11-5-12-20-31)42-36(40)38(28-32-21-13-6-14-22-32)29-33-23-15-7-16-24-33/h4-7,9-24,41H,2-3,8,25-29H2,1H3. The van der Waals surface area contributed by atoms with Crippen LogP contribution in [0.1, 0.15) is 54.9 Å². The van der Waals surface area contributed by atoms with Gasteiger partial charge in [-0.25, -0.2) is 0 Å². The summed E-state index contributed by atoms with van der Waals surface area (Å²) in [5, 5.41) is -0.000605. The zero-order valence-corrected chi connectivity index (χ0v) is 26.0. The summed E-state index contributed by atoms with van der Waals surface area (Å²) in [4.78, 5) is 31.5. The van der Waals surface area contributed by atoms with E-state index in [-0.39, 0.29) is 10.5 Å². The van der Waals surface area contributed by atoms with Gasteiger partial charge in [0.2, 0.25) is 0 Å². The van der Waals surface area contributed by atoms with E-state index >= 15 is 0 Å². The Bertz CT molecular complexity index is 1310. The maximum atomic E-state index is 13.9. The Balaban J connectivity index is 1.57. The molecule has 0 atom stereocenters. The predicted molar refractivity (Wildman–Crippen MR) is 181 cm³/mol. The van der Waals surface area contributed by atoms with Gasteiger partial charge in [-0.1, -0.05) is 141 Å². The molecule has 4 aromatic rings. The first-order valence-corrected chi connectivity index (χ1v) is 16.3. The molecule has 0 N–H and O–H groups in total. The van der Waals surface area contributed by atoms with Crippen LogP contribution >= 0.6 is 23.1 Å². The van der Waals surface area contributed by atoms with Crippen LogP contribution in [0.2, 0.25) is 0 Å². The lowest BCUT2D eigenvalue weighted by Crippen LogP contribution is -2.28. The summed E-state index contributed by atoms with van der Waals surface area (Å²) >= 11 is 1.82. The summed E-state index contributed by atoms with van der Waals surface area (Å²) in [5.74, 6) is 0. The van der Waals surface area contributed by atoms with Crippen molar-refractivity contribution in [1.29, 1.82) is 0 Å². The third kappa shape index (κ3) is 10.7. The number of thioether (sulfide) groups is 1. The van der Waals surface area contributed by atoms with Crippen LogP contribution in [-0.4, -0.2) is 24.5 Å². The van der Waals surface area contributed by atoms with E-state index in [0.29, 0.717) is 37.5 Å². The van der Waals surface area contributed by atoms with Crippen LogP contribution in [-0.2, 0) is 26.2 Å². The molecule has 0 bridgehead atoms. The summed E-state index contributed by atoms with van der Waals surface area (Å²) in [5.41, 5.74) is 4.34. The Kier molecular flexibility index (Phi) is 13.0. The van der Waals surface area contributed by atoms with Gasteiger partial charge in [-0.05, 0) is 46.9 Å². The van der Waals surface area contributed by atoms with E-state index in [1.165, 1.54) is 11.8 Å². The fourth-order valence-electron chi connectivity index (χ4n) is 4.59. The van der Waals surface area contributed by atoms with Crippen LogP contribution < -0.4 is 0 Å². The molecule has 0 unspecified atom stereocenters. The maximum absolute atomic E-state index is 13.9. The topological polar surface area (TPSA) is 40.6 Å². The highest BCUT2D eigenvalue weighted by Crippen LogP contribution is 2.25. The van der Waals surface area contributed by atoms with Gasteiger partial charge in [0.05, 0.1) is 0 Å². The number of thiol groups is 1. The maximum Gasteiger partial charge on any atom is 0.287 e. The average molecular weight is 597 g/mol. The van der Waals surface area contributed by atoms with Gasteiger partial charge in [-0.2, -0.15) is 0 Å². The van der Waals surface area contributed by atoms with Crippen molar-refractivity contribution in [2.75, 3.05) is 0 Å². The smallest absolute Gasteiger partial charge is 0.287 e. The van der Waals surface area contributed by atoms with Crippen LogP contribution in [0.3, 0.4) is 0 Å². The van der Waals surface area contributed by atoms with Gasteiger partial charge >= 0.3 is 0 Å². The van der Waals surface area contributed by atoms with E-state index in [0.717, 1.165) is 52.1 Å². The fourth-order valence-corrected chi connectivity index (χ4v) is 6.71. The van der Waals surface area contributed by atoms with Gasteiger partial charge in [-0.3, -0.25) is 9.59 Å². The monoisotopic (exact) mass is 596 g/mol. The highest BCUT2D eigenvalue weighted by atomic mass is 32.2. The van der Waals surface area contributed by atoms with E-state index in [1.807, 2.05) is 82.6 Å². The van der Waals surface area contributed by atoms with Crippen molar-refractivity contribution in [1.82, 2.24) is 9.80 Å². The van der Waals surface area contributed by atoms with Crippen LogP contribution in [0.25, 0.3) is 0 Å². The summed E-state index contributed by atoms with van der Waals surface area (Å²) in [6.45, 7) is 4.25. The van der Waals surface area contributed by atoms with Crippen molar-refractivity contribution in [3.63, 3.8) is 0 Å². The molecule has 0 aromatic heterocycles. The number of carbonyl (C=O) groups excluding carboxylic acids is 2. The first-order chi connectivity index (χ1) is 20.6. The molecule has 4 rings (SSSR count). The molecule has 42 heavy (non-hydrogen) atoms. The van der Waals surface area contributed by atoms with Crippen molar-refractivity contribution < 1.29 is 9.59 Å². The minimum Gasteiger partial charge on any atom is -0.326 e. The minimum atomic E-state index is -0.0211. The molecule has 0 spiro atoms. The number of unbranched alkanes of at least 4 members (excludes halogenated alkanes) is 2. The normalized spacial score (nSPS) is 11.4. The first-order valence-electron chi connectivity index (χ1n) is 14.6. The summed E-state index contributed by atoms with van der Waals surface area (Å²) in [7, 11) is 0. The van der Waals surface area contributed by atoms with Crippen molar-refractivity contribution in [3.05, 3.63) is 144 Å². The Morgan fingerprint density at radius 2 is 0.952 bits per heavy atom. The third-order valence-electron chi connectivity index (χ3n) is 6.81. The average Bonchev–Trinajstić information content (AvgIpc) is 3.02. The molecule has 0 saturated heterocycles. The van der Waals surface area contributed by atoms with Gasteiger partial charge in [-0.15, -0.1) is 11.4 Å². The van der Waals surface area contributed by atoms with E-state index in [2.05, 4.69) is 55.5 Å². The number of benzene rings is 4. The molecule has 4 nitrogen and oxygen atoms in total. The number of hydrogen-bond donors (Lipinski definition) is 1. The Hall–Kier alpha value is -3.61. The molecule has 218 valence electrons. The van der Waals surface area contributed by atoms with E-state index in [4.69, 9.17) is 0 Å². The Morgan fingerprint density at radius 3 is 1.33 bits per heavy atom. The Morgan fingerprint density at radius 1 is 0.571 bits per heavy atom. The number of rotatable bonds is 12. The number of hydrogen-bond acceptors (Lipinski definition) is 3. The van der Waals surface area contributed by atoms with Gasteiger partial charge in [0.25, 0.3) is 10.5 Å². The number of nitrogens with zero attached hydrogens (tertiary/aromatic N) is 2. The predicted octanol–water partition coefficient (Wildman–Crippen LogP) is 9.54. The Labute approximate surface area is 258 Å². The van der Waals surface area contributed by atoms with Gasteiger partial charge in [0.15, 0.2) is 0 Å². The minimum absolute atomic E-state index is 0.0205. The molecule has 6 heteroatoms. The lowest BCUT2D eigenvalue weighted by Gasteiger charge is -2.24. The molecule has 0 saturated carbocycles. The first kappa shape index (κ1) is 31.3. The molecule has 4 aromatic carbocycles. The van der Waals surface area contributed by atoms with Crippen LogP contribution in [0.15, 0.2) is 121 Å². The van der Waals surface area contributed by atoms with Crippen LogP contribution in [0.4, 0.5) is 9.59 Å². The molecule has 2 amide bonds. The third-order valence-corrected chi connectivity index (χ3v) is 9.18.